The van der Waals surface area contributed by atoms with E-state index in [2.05, 4.69) is 17.8 Å². The Morgan fingerprint density at radius 1 is 1.16 bits per heavy atom. The number of benzene rings is 1. The highest BCUT2D eigenvalue weighted by Gasteiger charge is 2.33. The van der Waals surface area contributed by atoms with Crippen LogP contribution < -0.4 is 10.9 Å². The number of hydrogen-bond donors (Lipinski definition) is 2. The first-order chi connectivity index (χ1) is 12.0. The van der Waals surface area contributed by atoms with Crippen molar-refractivity contribution in [3.63, 3.8) is 0 Å². The lowest BCUT2D eigenvalue weighted by Gasteiger charge is -2.36. The molecular weight excluding hydrogens is 321 g/mol. The molecule has 2 atom stereocenters. The van der Waals surface area contributed by atoms with E-state index in [1.54, 1.807) is 0 Å². The van der Waals surface area contributed by atoms with Gasteiger partial charge >= 0.3 is 0 Å². The van der Waals surface area contributed by atoms with E-state index in [1.807, 2.05) is 4.90 Å². The fourth-order valence-corrected chi connectivity index (χ4v) is 3.86. The minimum Gasteiger partial charge on any atom is -0.343 e. The number of carbonyl (C=O) groups excluding carboxylic acids is 2. The Morgan fingerprint density at radius 3 is 2.44 bits per heavy atom. The van der Waals surface area contributed by atoms with Crippen molar-refractivity contribution in [1.82, 2.24) is 15.8 Å². The summed E-state index contributed by atoms with van der Waals surface area (Å²) in [6, 6.07) is 5.96. The van der Waals surface area contributed by atoms with Crippen LogP contribution in [0.2, 0.25) is 0 Å². The maximum Gasteiger partial charge on any atom is 0.223 e. The number of carbonyl (C=O) groups is 2. The van der Waals surface area contributed by atoms with Gasteiger partial charge in [-0.05, 0) is 48.9 Å². The van der Waals surface area contributed by atoms with Crippen LogP contribution in [0.25, 0.3) is 0 Å². The monoisotopic (exact) mass is 347 g/mol. The van der Waals surface area contributed by atoms with Gasteiger partial charge in [-0.3, -0.25) is 20.4 Å². The van der Waals surface area contributed by atoms with Gasteiger partial charge in [-0.15, -0.1) is 0 Å². The van der Waals surface area contributed by atoms with Crippen molar-refractivity contribution < 1.29 is 14.0 Å². The number of piperidine rings is 1. The summed E-state index contributed by atoms with van der Waals surface area (Å²) >= 11 is 0. The van der Waals surface area contributed by atoms with Gasteiger partial charge in [0.15, 0.2) is 5.78 Å². The van der Waals surface area contributed by atoms with Crippen molar-refractivity contribution in [3.8, 4) is 0 Å². The van der Waals surface area contributed by atoms with Crippen LogP contribution in [0.1, 0.15) is 43.0 Å². The van der Waals surface area contributed by atoms with Crippen molar-refractivity contribution in [2.24, 2.45) is 11.8 Å². The van der Waals surface area contributed by atoms with Crippen LogP contribution in [0.3, 0.4) is 0 Å². The van der Waals surface area contributed by atoms with Gasteiger partial charge in [-0.1, -0.05) is 6.92 Å². The predicted molar refractivity (Wildman–Crippen MR) is 93.4 cm³/mol. The Bertz CT molecular complexity index is 612. The molecule has 0 radical (unpaired) electrons. The van der Waals surface area contributed by atoms with E-state index in [-0.39, 0.29) is 30.3 Å². The third kappa shape index (κ3) is 4.44. The third-order valence-electron chi connectivity index (χ3n) is 5.44. The Hall–Kier alpha value is -1.79. The standard InChI is InChI=1S/C19H26FN3O2/c1-13-12-21-22-19(13)15-8-10-23(11-9-15)18(25)7-6-17(24)14-2-4-16(20)5-3-14/h2-5,13,15,19,21-22H,6-12H2,1H3. The summed E-state index contributed by atoms with van der Waals surface area (Å²) in [5.74, 6) is 0.769. The number of Topliss-reactive ketones (excluding diaryl/α,β-unsaturated/α-hetero) is 1. The van der Waals surface area contributed by atoms with Crippen molar-refractivity contribution in [1.29, 1.82) is 0 Å². The first-order valence-corrected chi connectivity index (χ1v) is 9.09. The zero-order valence-electron chi connectivity index (χ0n) is 14.6. The molecule has 0 aliphatic carbocycles. The van der Waals surface area contributed by atoms with Gasteiger partial charge in [0, 0.05) is 44.1 Å². The zero-order chi connectivity index (χ0) is 17.8. The second-order valence-electron chi connectivity index (χ2n) is 7.18. The molecule has 25 heavy (non-hydrogen) atoms. The summed E-state index contributed by atoms with van der Waals surface area (Å²) in [6.45, 7) is 4.77. The van der Waals surface area contributed by atoms with E-state index in [0.29, 0.717) is 23.4 Å². The second kappa shape index (κ2) is 8.06. The topological polar surface area (TPSA) is 61.4 Å². The van der Waals surface area contributed by atoms with Crippen LogP contribution in [-0.4, -0.2) is 42.3 Å². The Morgan fingerprint density at radius 2 is 1.84 bits per heavy atom. The van der Waals surface area contributed by atoms with Crippen molar-refractivity contribution >= 4 is 11.7 Å². The van der Waals surface area contributed by atoms with Gasteiger partial charge in [0.25, 0.3) is 0 Å². The minimum atomic E-state index is -0.364. The number of nitrogens with one attached hydrogen (secondary N) is 2. The third-order valence-corrected chi connectivity index (χ3v) is 5.44. The van der Waals surface area contributed by atoms with E-state index in [0.717, 1.165) is 32.5 Å². The average Bonchev–Trinajstić information content (AvgIpc) is 3.06. The van der Waals surface area contributed by atoms with Crippen molar-refractivity contribution in [3.05, 3.63) is 35.6 Å². The highest BCUT2D eigenvalue weighted by atomic mass is 19.1. The largest absolute Gasteiger partial charge is 0.343 e. The quantitative estimate of drug-likeness (QED) is 0.801. The van der Waals surface area contributed by atoms with Gasteiger partial charge in [-0.25, -0.2) is 4.39 Å². The summed E-state index contributed by atoms with van der Waals surface area (Å²) in [7, 11) is 0. The lowest BCUT2D eigenvalue weighted by atomic mass is 9.84. The fourth-order valence-electron chi connectivity index (χ4n) is 3.86. The predicted octanol–water partition coefficient (Wildman–Crippen LogP) is 2.14. The highest BCUT2D eigenvalue weighted by Crippen LogP contribution is 2.26. The number of nitrogens with zero attached hydrogens (tertiary/aromatic N) is 1. The Balaban J connectivity index is 1.43. The van der Waals surface area contributed by atoms with Crippen LogP contribution in [0.4, 0.5) is 4.39 Å². The van der Waals surface area contributed by atoms with Crippen molar-refractivity contribution in [2.75, 3.05) is 19.6 Å². The highest BCUT2D eigenvalue weighted by molar-refractivity contribution is 5.97. The molecule has 0 aromatic heterocycles. The van der Waals surface area contributed by atoms with E-state index >= 15 is 0 Å². The first-order valence-electron chi connectivity index (χ1n) is 9.09. The molecule has 0 spiro atoms. The first kappa shape index (κ1) is 18.0. The molecule has 136 valence electrons. The van der Waals surface area contributed by atoms with Gasteiger partial charge in [0.1, 0.15) is 5.82 Å². The molecule has 2 heterocycles. The van der Waals surface area contributed by atoms with E-state index < -0.39 is 0 Å². The Kier molecular flexibility index (Phi) is 5.81. The molecule has 0 saturated carbocycles. The molecule has 5 nitrogen and oxygen atoms in total. The second-order valence-corrected chi connectivity index (χ2v) is 7.18. The van der Waals surface area contributed by atoms with E-state index in [9.17, 15) is 14.0 Å². The smallest absolute Gasteiger partial charge is 0.223 e. The van der Waals surface area contributed by atoms with Gasteiger partial charge in [0.2, 0.25) is 5.91 Å². The molecule has 1 aromatic carbocycles. The van der Waals surface area contributed by atoms with Gasteiger partial charge in [-0.2, -0.15) is 0 Å². The molecule has 2 fully saturated rings. The van der Waals surface area contributed by atoms with Gasteiger partial charge < -0.3 is 4.90 Å². The maximum atomic E-state index is 12.9. The molecular formula is C19H26FN3O2. The molecule has 6 heteroatoms. The lowest BCUT2D eigenvalue weighted by Crippen LogP contribution is -2.45. The maximum absolute atomic E-state index is 12.9. The number of hydrazine groups is 1. The van der Waals surface area contributed by atoms with Crippen LogP contribution in [0.15, 0.2) is 24.3 Å². The number of halogens is 1. The molecule has 1 amide bonds. The molecule has 3 rings (SSSR count). The summed E-state index contributed by atoms with van der Waals surface area (Å²) in [4.78, 5) is 26.3. The van der Waals surface area contributed by atoms with Crippen LogP contribution >= 0.6 is 0 Å². The van der Waals surface area contributed by atoms with E-state index in [4.69, 9.17) is 0 Å². The number of hydrogen-bond acceptors (Lipinski definition) is 4. The molecule has 2 saturated heterocycles. The summed E-state index contributed by atoms with van der Waals surface area (Å²) in [5.41, 5.74) is 7.03. The molecule has 1 aromatic rings. The van der Waals surface area contributed by atoms with Gasteiger partial charge in [0.05, 0.1) is 0 Å². The zero-order valence-corrected chi connectivity index (χ0v) is 14.6. The van der Waals surface area contributed by atoms with Crippen molar-refractivity contribution in [2.45, 2.75) is 38.6 Å². The summed E-state index contributed by atoms with van der Waals surface area (Å²) in [6.07, 6.45) is 2.40. The summed E-state index contributed by atoms with van der Waals surface area (Å²) < 4.78 is 12.9. The SMILES string of the molecule is CC1CNNC1C1CCN(C(=O)CCC(=O)c2ccc(F)cc2)CC1. The van der Waals surface area contributed by atoms with Crippen LogP contribution in [-0.2, 0) is 4.79 Å². The molecule has 2 aliphatic heterocycles. The molecule has 0 bridgehead atoms. The minimum absolute atomic E-state index is 0.0412. The van der Waals surface area contributed by atoms with E-state index in [1.165, 1.54) is 24.3 Å². The van der Waals surface area contributed by atoms with Crippen LogP contribution in [0, 0.1) is 17.7 Å². The molecule has 2 unspecified atom stereocenters. The fraction of sp³-hybridized carbons (Fsp3) is 0.579. The lowest BCUT2D eigenvalue weighted by molar-refractivity contribution is -0.132. The number of ketones is 1. The normalized spacial score (nSPS) is 24.5. The number of rotatable bonds is 5. The molecule has 2 aliphatic rings. The number of likely N-dealkylation sites (tertiary alicyclic amines) is 1. The Labute approximate surface area is 147 Å². The summed E-state index contributed by atoms with van der Waals surface area (Å²) in [5, 5.41) is 0. The average molecular weight is 347 g/mol. The van der Waals surface area contributed by atoms with Crippen LogP contribution in [0.5, 0.6) is 0 Å². The molecule has 2 N–H and O–H groups in total. The number of amides is 1.